The first-order chi connectivity index (χ1) is 9.06. The van der Waals surface area contributed by atoms with E-state index < -0.39 is 12.0 Å². The van der Waals surface area contributed by atoms with Gasteiger partial charge in [-0.2, -0.15) is 0 Å². The zero-order chi connectivity index (χ0) is 13.8. The van der Waals surface area contributed by atoms with Gasteiger partial charge in [-0.3, -0.25) is 5.32 Å². The molecule has 0 saturated heterocycles. The van der Waals surface area contributed by atoms with Crippen molar-refractivity contribution in [3.8, 4) is 5.75 Å². The number of benzene rings is 1. The molecule has 4 N–H and O–H groups in total. The molecule has 98 valence electrons. The van der Waals surface area contributed by atoms with Gasteiger partial charge in [0.2, 0.25) is 0 Å². The molecule has 1 aromatic heterocycles. The summed E-state index contributed by atoms with van der Waals surface area (Å²) in [6.45, 7) is 0. The van der Waals surface area contributed by atoms with Gasteiger partial charge in [0.15, 0.2) is 0 Å². The van der Waals surface area contributed by atoms with Crippen molar-refractivity contribution in [3.05, 3.63) is 41.3 Å². The minimum Gasteiger partial charge on any atom is -0.508 e. The van der Waals surface area contributed by atoms with Crippen LogP contribution in [0.25, 0.3) is 0 Å². The first-order valence-corrected chi connectivity index (χ1v) is 6.12. The van der Waals surface area contributed by atoms with Gasteiger partial charge in [0.25, 0.3) is 0 Å². The summed E-state index contributed by atoms with van der Waals surface area (Å²) in [4.78, 5) is 22.5. The van der Waals surface area contributed by atoms with Crippen LogP contribution in [0.3, 0.4) is 0 Å². The van der Waals surface area contributed by atoms with Crippen LogP contribution in [0.15, 0.2) is 35.7 Å². The lowest BCUT2D eigenvalue weighted by atomic mass is 10.3. The number of hydrogen-bond acceptors (Lipinski definition) is 4. The molecule has 0 aliphatic rings. The molecule has 1 heterocycles. The van der Waals surface area contributed by atoms with E-state index >= 15 is 0 Å². The van der Waals surface area contributed by atoms with Gasteiger partial charge in [-0.25, -0.2) is 9.59 Å². The maximum Gasteiger partial charge on any atom is 0.338 e. The summed E-state index contributed by atoms with van der Waals surface area (Å²) < 4.78 is 0. The highest BCUT2D eigenvalue weighted by Gasteiger charge is 2.13. The predicted molar refractivity (Wildman–Crippen MR) is 72.0 cm³/mol. The number of phenolic OH excluding ortho intramolecular Hbond substituents is 1. The van der Waals surface area contributed by atoms with E-state index in [0.717, 1.165) is 11.3 Å². The Kier molecular flexibility index (Phi) is 3.67. The Bertz CT molecular complexity index is 606. The second-order valence-electron chi connectivity index (χ2n) is 3.59. The normalized spacial score (nSPS) is 9.89. The van der Waals surface area contributed by atoms with Gasteiger partial charge in [-0.1, -0.05) is 0 Å². The second kappa shape index (κ2) is 5.40. The number of aromatic hydroxyl groups is 1. The Balaban J connectivity index is 2.03. The topological polar surface area (TPSA) is 98.7 Å². The van der Waals surface area contributed by atoms with E-state index in [0.29, 0.717) is 5.69 Å². The molecular weight excluding hydrogens is 268 g/mol. The van der Waals surface area contributed by atoms with E-state index in [9.17, 15) is 9.59 Å². The number of carboxylic acid groups (broad SMARTS) is 1. The van der Waals surface area contributed by atoms with E-state index in [2.05, 4.69) is 10.6 Å². The van der Waals surface area contributed by atoms with Crippen LogP contribution in [-0.4, -0.2) is 22.2 Å². The molecule has 19 heavy (non-hydrogen) atoms. The summed E-state index contributed by atoms with van der Waals surface area (Å²) in [5, 5.41) is 24.8. The Morgan fingerprint density at radius 2 is 1.74 bits per heavy atom. The Morgan fingerprint density at radius 1 is 1.05 bits per heavy atom. The number of rotatable bonds is 3. The van der Waals surface area contributed by atoms with Gasteiger partial charge in [-0.05, 0) is 35.7 Å². The quantitative estimate of drug-likeness (QED) is 0.649. The molecule has 0 fully saturated rings. The Labute approximate surface area is 112 Å². The molecule has 0 spiro atoms. The highest BCUT2D eigenvalue weighted by atomic mass is 32.1. The first-order valence-electron chi connectivity index (χ1n) is 5.24. The fourth-order valence-corrected chi connectivity index (χ4v) is 2.16. The number of carbonyl (C=O) groups excluding carboxylic acids is 1. The van der Waals surface area contributed by atoms with Gasteiger partial charge >= 0.3 is 12.0 Å². The summed E-state index contributed by atoms with van der Waals surface area (Å²) in [5.74, 6) is -1.00. The van der Waals surface area contributed by atoms with Crippen LogP contribution in [0.2, 0.25) is 0 Å². The van der Waals surface area contributed by atoms with Gasteiger partial charge in [-0.15, -0.1) is 11.3 Å². The molecule has 0 saturated carbocycles. The van der Waals surface area contributed by atoms with Crippen molar-refractivity contribution in [1.82, 2.24) is 0 Å². The SMILES string of the molecule is O=C(Nc1ccc(O)cc1)Nc1sccc1C(=O)O. The van der Waals surface area contributed by atoms with Gasteiger partial charge in [0.1, 0.15) is 10.8 Å². The Hall–Kier alpha value is -2.54. The molecule has 2 rings (SSSR count). The van der Waals surface area contributed by atoms with Gasteiger partial charge in [0, 0.05) is 5.69 Å². The van der Waals surface area contributed by atoms with Crippen LogP contribution < -0.4 is 10.6 Å². The van der Waals surface area contributed by atoms with Crippen molar-refractivity contribution in [2.24, 2.45) is 0 Å². The zero-order valence-corrected chi connectivity index (χ0v) is 10.4. The highest BCUT2D eigenvalue weighted by Crippen LogP contribution is 2.23. The third kappa shape index (κ3) is 3.23. The molecule has 0 bridgehead atoms. The number of nitrogens with one attached hydrogen (secondary N) is 2. The van der Waals surface area contributed by atoms with Crippen molar-refractivity contribution in [2.45, 2.75) is 0 Å². The van der Waals surface area contributed by atoms with Crippen LogP contribution in [0.5, 0.6) is 5.75 Å². The molecule has 6 nitrogen and oxygen atoms in total. The number of aromatic carboxylic acids is 1. The van der Waals surface area contributed by atoms with Crippen molar-refractivity contribution in [2.75, 3.05) is 10.6 Å². The number of anilines is 2. The smallest absolute Gasteiger partial charge is 0.338 e. The predicted octanol–water partition coefficient (Wildman–Crippen LogP) is 2.80. The molecular formula is C12H10N2O4S. The average Bonchev–Trinajstić information content (AvgIpc) is 2.80. The fraction of sp³-hybridized carbons (Fsp3) is 0. The van der Waals surface area contributed by atoms with Crippen molar-refractivity contribution < 1.29 is 19.8 Å². The fourth-order valence-electron chi connectivity index (χ4n) is 1.38. The lowest BCUT2D eigenvalue weighted by molar-refractivity contribution is 0.0698. The van der Waals surface area contributed by atoms with Crippen molar-refractivity contribution >= 4 is 34.0 Å². The lowest BCUT2D eigenvalue weighted by Gasteiger charge is -2.06. The van der Waals surface area contributed by atoms with E-state index in [1.165, 1.54) is 30.3 Å². The number of phenols is 1. The zero-order valence-electron chi connectivity index (χ0n) is 9.58. The van der Waals surface area contributed by atoms with Crippen LogP contribution in [0.4, 0.5) is 15.5 Å². The maximum absolute atomic E-state index is 11.7. The van der Waals surface area contributed by atoms with E-state index in [1.807, 2.05) is 0 Å². The van der Waals surface area contributed by atoms with Gasteiger partial charge in [0.05, 0.1) is 5.56 Å². The monoisotopic (exact) mass is 278 g/mol. The average molecular weight is 278 g/mol. The lowest BCUT2D eigenvalue weighted by Crippen LogP contribution is -2.19. The molecule has 2 amide bonds. The summed E-state index contributed by atoms with van der Waals surface area (Å²) in [7, 11) is 0. The van der Waals surface area contributed by atoms with Crippen molar-refractivity contribution in [3.63, 3.8) is 0 Å². The molecule has 0 atom stereocenters. The molecule has 0 aliphatic carbocycles. The molecule has 7 heteroatoms. The minimum absolute atomic E-state index is 0.0471. The maximum atomic E-state index is 11.7. The first kappa shape index (κ1) is 12.9. The van der Waals surface area contributed by atoms with Crippen LogP contribution in [-0.2, 0) is 0 Å². The summed E-state index contributed by atoms with van der Waals surface area (Å²) in [5.41, 5.74) is 0.537. The van der Waals surface area contributed by atoms with Crippen LogP contribution >= 0.6 is 11.3 Å². The Morgan fingerprint density at radius 3 is 2.37 bits per heavy atom. The van der Waals surface area contributed by atoms with Crippen LogP contribution in [0.1, 0.15) is 10.4 Å². The van der Waals surface area contributed by atoms with E-state index in [4.69, 9.17) is 10.2 Å². The molecule has 0 radical (unpaired) electrons. The molecule has 0 aliphatic heterocycles. The standard InChI is InChI=1S/C12H10N2O4S/c15-8-3-1-7(2-4-8)13-12(18)14-10-9(11(16)17)5-6-19-10/h1-6,15H,(H,16,17)(H2,13,14,18). The third-order valence-electron chi connectivity index (χ3n) is 2.25. The number of carboxylic acids is 1. The number of hydrogen-bond donors (Lipinski definition) is 4. The molecule has 1 aromatic carbocycles. The largest absolute Gasteiger partial charge is 0.508 e. The summed E-state index contributed by atoms with van der Waals surface area (Å²) in [6, 6.07) is 6.80. The second-order valence-corrected chi connectivity index (χ2v) is 4.51. The number of urea groups is 1. The third-order valence-corrected chi connectivity index (χ3v) is 3.08. The number of carbonyl (C=O) groups is 2. The minimum atomic E-state index is -1.10. The molecule has 2 aromatic rings. The highest BCUT2D eigenvalue weighted by molar-refractivity contribution is 7.14. The van der Waals surface area contributed by atoms with Crippen molar-refractivity contribution in [1.29, 1.82) is 0 Å². The van der Waals surface area contributed by atoms with Crippen LogP contribution in [0, 0.1) is 0 Å². The summed E-state index contributed by atoms with van der Waals surface area (Å²) in [6.07, 6.45) is 0. The number of thiophene rings is 1. The van der Waals surface area contributed by atoms with E-state index in [-0.39, 0.29) is 16.3 Å². The van der Waals surface area contributed by atoms with Gasteiger partial charge < -0.3 is 15.5 Å². The van der Waals surface area contributed by atoms with E-state index in [1.54, 1.807) is 5.38 Å². The summed E-state index contributed by atoms with van der Waals surface area (Å²) >= 11 is 1.13. The molecule has 0 unspecified atom stereocenters. The number of amides is 2.